The largest absolute Gasteiger partial charge is 0.497 e. The lowest BCUT2D eigenvalue weighted by Gasteiger charge is -2.32. The zero-order chi connectivity index (χ0) is 26.0. The molecule has 0 aliphatic heterocycles. The van der Waals surface area contributed by atoms with Crippen molar-refractivity contribution in [3.05, 3.63) is 80.9 Å². The zero-order valence-corrected chi connectivity index (χ0v) is 22.3. The van der Waals surface area contributed by atoms with Crippen molar-refractivity contribution in [3.63, 3.8) is 0 Å². The third-order valence-electron chi connectivity index (χ3n) is 6.54. The molecule has 0 amide bonds. The molecule has 2 aromatic heterocycles. The van der Waals surface area contributed by atoms with Crippen LogP contribution in [0, 0.1) is 13.8 Å². The van der Waals surface area contributed by atoms with Crippen LogP contribution in [0.4, 0.5) is 0 Å². The Morgan fingerprint density at radius 1 is 1.08 bits per heavy atom. The van der Waals surface area contributed by atoms with Gasteiger partial charge in [-0.05, 0) is 92.2 Å². The number of hydrogen-bond acceptors (Lipinski definition) is 6. The van der Waals surface area contributed by atoms with Gasteiger partial charge in [0.2, 0.25) is 0 Å². The lowest BCUT2D eigenvalue weighted by atomic mass is 10.0. The van der Waals surface area contributed by atoms with Crippen LogP contribution in [0.25, 0.3) is 10.9 Å². The third-order valence-corrected chi connectivity index (χ3v) is 6.54. The van der Waals surface area contributed by atoms with Gasteiger partial charge in [-0.25, -0.2) is 4.68 Å². The van der Waals surface area contributed by atoms with Gasteiger partial charge in [0.25, 0.3) is 5.56 Å². The van der Waals surface area contributed by atoms with Crippen molar-refractivity contribution in [2.75, 3.05) is 7.11 Å². The minimum atomic E-state index is -0.270. The number of rotatable bonds is 8. The highest BCUT2D eigenvalue weighted by Gasteiger charge is 2.29. The number of nitrogens with zero attached hydrogens (tertiary/aromatic N) is 5. The smallest absolute Gasteiger partial charge is 0.252 e. The third kappa shape index (κ3) is 5.33. The van der Waals surface area contributed by atoms with Crippen LogP contribution >= 0.6 is 0 Å². The van der Waals surface area contributed by atoms with Gasteiger partial charge in [-0.3, -0.25) is 9.69 Å². The molecule has 4 aromatic rings. The number of pyridine rings is 1. The van der Waals surface area contributed by atoms with Gasteiger partial charge >= 0.3 is 0 Å². The Morgan fingerprint density at radius 2 is 1.81 bits per heavy atom. The molecule has 1 atom stereocenters. The minimum Gasteiger partial charge on any atom is -0.497 e. The van der Waals surface area contributed by atoms with Crippen molar-refractivity contribution < 1.29 is 4.74 Å². The second-order valence-electron chi connectivity index (χ2n) is 10.5. The van der Waals surface area contributed by atoms with Gasteiger partial charge in [0.05, 0.1) is 24.2 Å². The fourth-order valence-corrected chi connectivity index (χ4v) is 4.79. The number of ether oxygens (including phenoxy) is 1. The Bertz CT molecular complexity index is 1400. The van der Waals surface area contributed by atoms with Crippen molar-refractivity contribution in [1.29, 1.82) is 0 Å². The second kappa shape index (κ2) is 10.2. The van der Waals surface area contributed by atoms with Crippen molar-refractivity contribution in [3.8, 4) is 5.75 Å². The topological polar surface area (TPSA) is 88.9 Å². The molecule has 0 unspecified atom stereocenters. The number of aromatic amines is 1. The summed E-state index contributed by atoms with van der Waals surface area (Å²) in [5.41, 5.74) is 4.62. The number of aryl methyl sites for hydroxylation is 2. The molecule has 190 valence electrons. The molecule has 0 saturated heterocycles. The summed E-state index contributed by atoms with van der Waals surface area (Å²) < 4.78 is 7.23. The first-order valence-electron chi connectivity index (χ1n) is 12.4. The lowest BCUT2D eigenvalue weighted by Crippen LogP contribution is -2.35. The standard InChI is InChI=1S/C28H36N6O2/c1-8-24(26-30-31-32-34(26)28(4,5)6)33(16-20-9-11-23(36-7)12-10-20)17-22-15-21-14-18(2)13-19(3)25(21)29-27(22)35/h9-15,24H,8,16-17H2,1-7H3,(H,29,35)/t24-/m0/s1. The summed E-state index contributed by atoms with van der Waals surface area (Å²) in [5, 5.41) is 13.8. The van der Waals surface area contributed by atoms with Gasteiger partial charge in [0.15, 0.2) is 5.82 Å². The molecular weight excluding hydrogens is 452 g/mol. The molecule has 0 aliphatic carbocycles. The number of methoxy groups -OCH3 is 1. The molecule has 2 heterocycles. The number of aromatic nitrogens is 5. The van der Waals surface area contributed by atoms with E-state index in [-0.39, 0.29) is 17.1 Å². The van der Waals surface area contributed by atoms with Crippen molar-refractivity contribution in [2.24, 2.45) is 0 Å². The Morgan fingerprint density at radius 3 is 2.44 bits per heavy atom. The van der Waals surface area contributed by atoms with Crippen LogP contribution in [0.1, 0.15) is 68.2 Å². The molecular formula is C28H36N6O2. The number of benzene rings is 2. The van der Waals surface area contributed by atoms with Crippen LogP contribution < -0.4 is 10.3 Å². The van der Waals surface area contributed by atoms with E-state index in [4.69, 9.17) is 4.74 Å². The number of hydrogen-bond donors (Lipinski definition) is 1. The fourth-order valence-electron chi connectivity index (χ4n) is 4.79. The second-order valence-corrected chi connectivity index (χ2v) is 10.5. The Labute approximate surface area is 212 Å². The summed E-state index contributed by atoms with van der Waals surface area (Å²) in [6.45, 7) is 13.6. The maximum absolute atomic E-state index is 13.2. The maximum Gasteiger partial charge on any atom is 0.252 e. The number of H-pyrrole nitrogens is 1. The molecule has 0 spiro atoms. The molecule has 8 heteroatoms. The zero-order valence-electron chi connectivity index (χ0n) is 22.3. The van der Waals surface area contributed by atoms with E-state index in [2.05, 4.69) is 84.3 Å². The SMILES string of the molecule is CC[C@@H](c1nnnn1C(C)(C)C)N(Cc1ccc(OC)cc1)Cc1cc2cc(C)cc(C)c2[nH]c1=O. The average molecular weight is 489 g/mol. The first-order chi connectivity index (χ1) is 17.1. The summed E-state index contributed by atoms with van der Waals surface area (Å²) in [7, 11) is 1.66. The summed E-state index contributed by atoms with van der Waals surface area (Å²) in [5.74, 6) is 1.60. The molecule has 0 aliphatic rings. The van der Waals surface area contributed by atoms with Crippen molar-refractivity contribution >= 4 is 10.9 Å². The first kappa shape index (κ1) is 25.6. The number of nitrogens with one attached hydrogen (secondary N) is 1. The van der Waals surface area contributed by atoms with Gasteiger partial charge in [-0.15, -0.1) is 5.10 Å². The maximum atomic E-state index is 13.2. The van der Waals surface area contributed by atoms with Crippen LogP contribution in [0.5, 0.6) is 5.75 Å². The number of tetrazole rings is 1. The summed E-state index contributed by atoms with van der Waals surface area (Å²) in [6.07, 6.45) is 0.788. The van der Waals surface area contributed by atoms with E-state index in [0.717, 1.165) is 40.0 Å². The lowest BCUT2D eigenvalue weighted by molar-refractivity contribution is 0.153. The Kier molecular flexibility index (Phi) is 7.26. The first-order valence-corrected chi connectivity index (χ1v) is 12.4. The van der Waals surface area contributed by atoms with Crippen LogP contribution in [0.3, 0.4) is 0 Å². The fraction of sp³-hybridized carbons (Fsp3) is 0.429. The molecule has 0 saturated carbocycles. The van der Waals surface area contributed by atoms with E-state index in [0.29, 0.717) is 18.7 Å². The van der Waals surface area contributed by atoms with Crippen molar-refractivity contribution in [1.82, 2.24) is 30.1 Å². The molecule has 0 bridgehead atoms. The van der Waals surface area contributed by atoms with E-state index >= 15 is 0 Å². The van der Waals surface area contributed by atoms with E-state index in [1.54, 1.807) is 7.11 Å². The van der Waals surface area contributed by atoms with Gasteiger partial charge in [-0.2, -0.15) is 0 Å². The summed E-state index contributed by atoms with van der Waals surface area (Å²) in [4.78, 5) is 18.6. The molecule has 1 N–H and O–H groups in total. The Hall–Kier alpha value is -3.52. The molecule has 8 nitrogen and oxygen atoms in total. The van der Waals surface area contributed by atoms with Gasteiger partial charge in [0, 0.05) is 18.7 Å². The molecule has 0 radical (unpaired) electrons. The molecule has 0 fully saturated rings. The molecule has 36 heavy (non-hydrogen) atoms. The van der Waals surface area contributed by atoms with E-state index in [1.165, 1.54) is 5.56 Å². The summed E-state index contributed by atoms with van der Waals surface area (Å²) in [6, 6.07) is 14.2. The van der Waals surface area contributed by atoms with Crippen molar-refractivity contribution in [2.45, 2.75) is 72.6 Å². The van der Waals surface area contributed by atoms with Gasteiger partial charge in [-0.1, -0.05) is 30.7 Å². The van der Waals surface area contributed by atoms with Gasteiger partial charge < -0.3 is 9.72 Å². The Balaban J connectivity index is 1.78. The normalized spacial score (nSPS) is 12.9. The monoisotopic (exact) mass is 488 g/mol. The quantitative estimate of drug-likeness (QED) is 0.373. The minimum absolute atomic E-state index is 0.0700. The van der Waals surface area contributed by atoms with E-state index in [1.807, 2.05) is 29.8 Å². The van der Waals surface area contributed by atoms with E-state index < -0.39 is 0 Å². The van der Waals surface area contributed by atoms with Crippen LogP contribution in [0.15, 0.2) is 47.3 Å². The highest BCUT2D eigenvalue weighted by molar-refractivity contribution is 5.82. The highest BCUT2D eigenvalue weighted by atomic mass is 16.5. The predicted molar refractivity (Wildman–Crippen MR) is 142 cm³/mol. The van der Waals surface area contributed by atoms with Crippen LogP contribution in [-0.4, -0.2) is 37.2 Å². The molecule has 2 aromatic carbocycles. The molecule has 4 rings (SSSR count). The van der Waals surface area contributed by atoms with Crippen LogP contribution in [-0.2, 0) is 18.6 Å². The predicted octanol–water partition coefficient (Wildman–Crippen LogP) is 5.05. The highest BCUT2D eigenvalue weighted by Crippen LogP contribution is 2.29. The summed E-state index contributed by atoms with van der Waals surface area (Å²) >= 11 is 0. The number of fused-ring (bicyclic) bond motifs is 1. The van der Waals surface area contributed by atoms with Gasteiger partial charge in [0.1, 0.15) is 5.75 Å². The van der Waals surface area contributed by atoms with E-state index in [9.17, 15) is 4.79 Å². The average Bonchev–Trinajstić information content (AvgIpc) is 3.31. The van der Waals surface area contributed by atoms with Crippen LogP contribution in [0.2, 0.25) is 0 Å².